The molecule has 0 spiro atoms. The first-order chi connectivity index (χ1) is 13.1. The number of aryl methyl sites for hydroxylation is 2. The quantitative estimate of drug-likeness (QED) is 0.591. The van der Waals surface area contributed by atoms with Crippen LogP contribution >= 0.6 is 0 Å². The molecule has 4 aromatic rings. The van der Waals surface area contributed by atoms with E-state index in [1.807, 2.05) is 56.3 Å². The molecule has 1 N–H and O–H groups in total. The van der Waals surface area contributed by atoms with Crippen LogP contribution in [-0.2, 0) is 17.8 Å². The highest BCUT2D eigenvalue weighted by Gasteiger charge is 2.12. The molecule has 4 rings (SSSR count). The van der Waals surface area contributed by atoms with Crippen LogP contribution in [0.1, 0.15) is 22.6 Å². The number of amides is 1. The molecular formula is C20H19N5O2. The molecule has 3 heterocycles. The second-order valence-corrected chi connectivity index (χ2v) is 6.44. The minimum absolute atomic E-state index is 0.114. The lowest BCUT2D eigenvalue weighted by Crippen LogP contribution is -2.24. The summed E-state index contributed by atoms with van der Waals surface area (Å²) in [6.07, 6.45) is 1.92. The molecule has 0 unspecified atom stereocenters. The lowest BCUT2D eigenvalue weighted by Gasteiger charge is -2.06. The first-order valence-electron chi connectivity index (χ1n) is 8.69. The van der Waals surface area contributed by atoms with E-state index in [0.29, 0.717) is 17.8 Å². The van der Waals surface area contributed by atoms with Crippen molar-refractivity contribution in [3.05, 3.63) is 71.3 Å². The average molecular weight is 361 g/mol. The largest absolute Gasteiger partial charge is 0.356 e. The van der Waals surface area contributed by atoms with Gasteiger partial charge in [0.25, 0.3) is 0 Å². The number of nitrogens with zero attached hydrogens (tertiary/aromatic N) is 4. The summed E-state index contributed by atoms with van der Waals surface area (Å²) in [7, 11) is 0. The third-order valence-electron chi connectivity index (χ3n) is 4.31. The number of fused-ring (bicyclic) bond motifs is 1. The molecule has 0 saturated carbocycles. The zero-order chi connectivity index (χ0) is 18.8. The van der Waals surface area contributed by atoms with Gasteiger partial charge in [0.05, 0.1) is 12.1 Å². The summed E-state index contributed by atoms with van der Waals surface area (Å²) in [5, 5.41) is 12.2. The number of para-hydroxylation sites is 1. The van der Waals surface area contributed by atoms with Gasteiger partial charge < -0.3 is 9.84 Å². The Morgan fingerprint density at radius 1 is 1.19 bits per heavy atom. The van der Waals surface area contributed by atoms with E-state index in [-0.39, 0.29) is 12.3 Å². The summed E-state index contributed by atoms with van der Waals surface area (Å²) in [4.78, 5) is 16.7. The van der Waals surface area contributed by atoms with Gasteiger partial charge >= 0.3 is 0 Å². The molecule has 0 fully saturated rings. The van der Waals surface area contributed by atoms with Gasteiger partial charge in [0, 0.05) is 23.8 Å². The predicted molar refractivity (Wildman–Crippen MR) is 100 cm³/mol. The Morgan fingerprint density at radius 2 is 2.04 bits per heavy atom. The Balaban J connectivity index is 1.38. The predicted octanol–water partition coefficient (Wildman–Crippen LogP) is 2.88. The summed E-state index contributed by atoms with van der Waals surface area (Å²) in [5.41, 5.74) is 4.22. The maximum absolute atomic E-state index is 12.2. The molecule has 136 valence electrons. The molecule has 0 atom stereocenters. The normalized spacial score (nSPS) is 11.0. The monoisotopic (exact) mass is 361 g/mol. The molecule has 0 saturated heterocycles. The Kier molecular flexibility index (Phi) is 4.42. The molecule has 7 nitrogen and oxygen atoms in total. The van der Waals surface area contributed by atoms with Crippen molar-refractivity contribution in [2.75, 3.05) is 0 Å². The van der Waals surface area contributed by atoms with Crippen LogP contribution in [0.5, 0.6) is 0 Å². The van der Waals surface area contributed by atoms with Crippen LogP contribution in [0.25, 0.3) is 16.8 Å². The van der Waals surface area contributed by atoms with Crippen LogP contribution in [0.4, 0.5) is 0 Å². The van der Waals surface area contributed by atoms with Crippen LogP contribution < -0.4 is 5.32 Å². The van der Waals surface area contributed by atoms with Crippen molar-refractivity contribution in [1.29, 1.82) is 0 Å². The smallest absolute Gasteiger partial charge is 0.226 e. The summed E-state index contributed by atoms with van der Waals surface area (Å²) in [6, 6.07) is 13.3. The van der Waals surface area contributed by atoms with E-state index >= 15 is 0 Å². The third-order valence-corrected chi connectivity index (χ3v) is 4.31. The van der Waals surface area contributed by atoms with E-state index in [1.54, 1.807) is 10.9 Å². The lowest BCUT2D eigenvalue weighted by molar-refractivity contribution is -0.120. The van der Waals surface area contributed by atoms with E-state index in [2.05, 4.69) is 20.6 Å². The number of rotatable bonds is 5. The van der Waals surface area contributed by atoms with Crippen LogP contribution in [-0.4, -0.2) is 25.8 Å². The molecule has 3 aromatic heterocycles. The molecule has 1 aromatic carbocycles. The van der Waals surface area contributed by atoms with E-state index < -0.39 is 0 Å². The van der Waals surface area contributed by atoms with Gasteiger partial charge in [0.2, 0.25) is 5.91 Å². The molecule has 0 aliphatic rings. The number of carbonyl (C=O) groups excluding carboxylic acids is 1. The summed E-state index contributed by atoms with van der Waals surface area (Å²) >= 11 is 0. The Hall–Kier alpha value is -3.48. The SMILES string of the molecule is Cc1cc(C)n(-c2ccc(CNC(=O)Cc3noc4ccccc34)cn2)n1. The minimum Gasteiger partial charge on any atom is -0.356 e. The van der Waals surface area contributed by atoms with Gasteiger partial charge in [-0.05, 0) is 43.7 Å². The number of carbonyl (C=O) groups is 1. The lowest BCUT2D eigenvalue weighted by atomic mass is 10.1. The zero-order valence-corrected chi connectivity index (χ0v) is 15.1. The number of hydrogen-bond donors (Lipinski definition) is 1. The molecule has 0 aliphatic heterocycles. The first kappa shape index (κ1) is 17.0. The maximum Gasteiger partial charge on any atom is 0.226 e. The summed E-state index contributed by atoms with van der Waals surface area (Å²) in [5.74, 6) is 0.640. The van der Waals surface area contributed by atoms with Crippen molar-refractivity contribution in [3.8, 4) is 5.82 Å². The first-order valence-corrected chi connectivity index (χ1v) is 8.69. The van der Waals surface area contributed by atoms with Gasteiger partial charge in [0.1, 0.15) is 5.69 Å². The van der Waals surface area contributed by atoms with Crippen molar-refractivity contribution in [2.24, 2.45) is 0 Å². The van der Waals surface area contributed by atoms with Gasteiger partial charge in [0.15, 0.2) is 11.4 Å². The third kappa shape index (κ3) is 3.57. The fourth-order valence-electron chi connectivity index (χ4n) is 2.99. The number of aromatic nitrogens is 4. The van der Waals surface area contributed by atoms with Gasteiger partial charge in [-0.25, -0.2) is 9.67 Å². The number of nitrogens with one attached hydrogen (secondary N) is 1. The Labute approximate surface area is 156 Å². The fourth-order valence-corrected chi connectivity index (χ4v) is 2.99. The standard InChI is InChI=1S/C20H19N5O2/c1-13-9-14(2)25(23-13)19-8-7-15(11-21-19)12-22-20(26)10-17-16-5-3-4-6-18(16)27-24-17/h3-9,11H,10,12H2,1-2H3,(H,22,26). The highest BCUT2D eigenvalue weighted by Crippen LogP contribution is 2.18. The van der Waals surface area contributed by atoms with Crippen molar-refractivity contribution in [1.82, 2.24) is 25.2 Å². The molecule has 0 bridgehead atoms. The minimum atomic E-state index is -0.114. The van der Waals surface area contributed by atoms with Crippen LogP contribution in [0, 0.1) is 13.8 Å². The summed E-state index contributed by atoms with van der Waals surface area (Å²) in [6.45, 7) is 4.34. The van der Waals surface area contributed by atoms with Crippen LogP contribution in [0.2, 0.25) is 0 Å². The molecule has 0 aliphatic carbocycles. The zero-order valence-electron chi connectivity index (χ0n) is 15.1. The van der Waals surface area contributed by atoms with Crippen molar-refractivity contribution in [3.63, 3.8) is 0 Å². The maximum atomic E-state index is 12.2. The average Bonchev–Trinajstić information content (AvgIpc) is 3.23. The van der Waals surface area contributed by atoms with Gasteiger partial charge in [-0.3, -0.25) is 4.79 Å². The molecule has 0 radical (unpaired) electrons. The van der Waals surface area contributed by atoms with Crippen LogP contribution in [0.15, 0.2) is 53.2 Å². The van der Waals surface area contributed by atoms with Gasteiger partial charge in [-0.15, -0.1) is 0 Å². The Morgan fingerprint density at radius 3 is 2.78 bits per heavy atom. The molecule has 1 amide bonds. The highest BCUT2D eigenvalue weighted by molar-refractivity contribution is 5.86. The van der Waals surface area contributed by atoms with E-state index in [1.165, 1.54) is 0 Å². The van der Waals surface area contributed by atoms with Gasteiger partial charge in [-0.2, -0.15) is 5.10 Å². The fraction of sp³-hybridized carbons (Fsp3) is 0.200. The van der Waals surface area contributed by atoms with Crippen molar-refractivity contribution in [2.45, 2.75) is 26.8 Å². The van der Waals surface area contributed by atoms with Crippen LogP contribution in [0.3, 0.4) is 0 Å². The van der Waals surface area contributed by atoms with Crippen molar-refractivity contribution >= 4 is 16.9 Å². The summed E-state index contributed by atoms with van der Waals surface area (Å²) < 4.78 is 7.03. The topological polar surface area (TPSA) is 85.8 Å². The number of hydrogen-bond acceptors (Lipinski definition) is 5. The van der Waals surface area contributed by atoms with E-state index in [4.69, 9.17) is 4.52 Å². The van der Waals surface area contributed by atoms with Gasteiger partial charge in [-0.1, -0.05) is 23.4 Å². The number of pyridine rings is 1. The second-order valence-electron chi connectivity index (χ2n) is 6.44. The highest BCUT2D eigenvalue weighted by atomic mass is 16.5. The molecular weight excluding hydrogens is 342 g/mol. The number of benzene rings is 1. The Bertz CT molecular complexity index is 1100. The molecule has 7 heteroatoms. The second kappa shape index (κ2) is 7.03. The molecule has 27 heavy (non-hydrogen) atoms. The van der Waals surface area contributed by atoms with Crippen molar-refractivity contribution < 1.29 is 9.32 Å². The van der Waals surface area contributed by atoms with E-state index in [9.17, 15) is 4.79 Å². The van der Waals surface area contributed by atoms with E-state index in [0.717, 1.165) is 28.2 Å².